The van der Waals surface area contributed by atoms with Gasteiger partial charge in [0, 0.05) is 43.4 Å². The van der Waals surface area contributed by atoms with Gasteiger partial charge in [-0.25, -0.2) is 0 Å². The number of rotatable bonds is 6. The van der Waals surface area contributed by atoms with Crippen molar-refractivity contribution in [3.63, 3.8) is 0 Å². The number of aliphatic hydroxyl groups is 1. The second kappa shape index (κ2) is 8.77. The van der Waals surface area contributed by atoms with Crippen LogP contribution in [0.1, 0.15) is 0 Å². The first kappa shape index (κ1) is 18.3. The van der Waals surface area contributed by atoms with Crippen LogP contribution in [0.25, 0.3) is 0 Å². The zero-order chi connectivity index (χ0) is 17.6. The highest BCUT2D eigenvalue weighted by Crippen LogP contribution is 2.23. The molecular weight excluding hydrogens is 359 g/mol. The summed E-state index contributed by atoms with van der Waals surface area (Å²) in [4.78, 5) is 4.59. The van der Waals surface area contributed by atoms with Crippen LogP contribution in [0.2, 0.25) is 10.0 Å². The van der Waals surface area contributed by atoms with E-state index in [1.807, 2.05) is 36.4 Å². The average Bonchev–Trinajstić information content (AvgIpc) is 2.62. The molecule has 0 unspecified atom stereocenters. The van der Waals surface area contributed by atoms with Gasteiger partial charge < -0.3 is 14.7 Å². The number of aliphatic hydroxyl groups excluding tert-OH is 1. The molecule has 2 aromatic rings. The minimum Gasteiger partial charge on any atom is -0.489 e. The Morgan fingerprint density at radius 1 is 0.960 bits per heavy atom. The predicted molar refractivity (Wildman–Crippen MR) is 103 cm³/mol. The fraction of sp³-hybridized carbons (Fsp3) is 0.368. The van der Waals surface area contributed by atoms with Crippen molar-refractivity contribution in [1.82, 2.24) is 4.90 Å². The Morgan fingerprint density at radius 2 is 1.64 bits per heavy atom. The van der Waals surface area contributed by atoms with Gasteiger partial charge in [0.2, 0.25) is 0 Å². The van der Waals surface area contributed by atoms with Gasteiger partial charge in [0.25, 0.3) is 0 Å². The lowest BCUT2D eigenvalue weighted by atomic mass is 10.2. The summed E-state index contributed by atoms with van der Waals surface area (Å²) < 4.78 is 5.61. The molecule has 6 heteroatoms. The van der Waals surface area contributed by atoms with Gasteiger partial charge in [-0.2, -0.15) is 0 Å². The van der Waals surface area contributed by atoms with Crippen LogP contribution in [0, 0.1) is 0 Å². The monoisotopic (exact) mass is 380 g/mol. The SMILES string of the molecule is O[C@H](COc1ccccc1Cl)CN1CCN(c2ccc(Cl)cc2)CC1. The third-order valence-electron chi connectivity index (χ3n) is 4.30. The lowest BCUT2D eigenvalue weighted by Gasteiger charge is -2.36. The number of ether oxygens (including phenoxy) is 1. The predicted octanol–water partition coefficient (Wildman–Crippen LogP) is 3.56. The number of anilines is 1. The Labute approximate surface area is 158 Å². The Kier molecular flexibility index (Phi) is 6.43. The number of para-hydroxylation sites is 1. The van der Waals surface area contributed by atoms with Crippen molar-refractivity contribution in [1.29, 1.82) is 0 Å². The molecule has 3 rings (SSSR count). The fourth-order valence-corrected chi connectivity index (χ4v) is 3.26. The molecule has 1 aliphatic heterocycles. The maximum absolute atomic E-state index is 10.2. The topological polar surface area (TPSA) is 35.9 Å². The minimum absolute atomic E-state index is 0.237. The van der Waals surface area contributed by atoms with Gasteiger partial charge >= 0.3 is 0 Å². The molecule has 0 amide bonds. The third-order valence-corrected chi connectivity index (χ3v) is 4.87. The van der Waals surface area contributed by atoms with Gasteiger partial charge in [-0.1, -0.05) is 35.3 Å². The summed E-state index contributed by atoms with van der Waals surface area (Å²) >= 11 is 12.0. The quantitative estimate of drug-likeness (QED) is 0.830. The van der Waals surface area contributed by atoms with E-state index in [2.05, 4.69) is 9.80 Å². The molecule has 4 nitrogen and oxygen atoms in total. The molecule has 0 bridgehead atoms. The van der Waals surface area contributed by atoms with Gasteiger partial charge in [-0.05, 0) is 36.4 Å². The summed E-state index contributed by atoms with van der Waals surface area (Å²) in [5.74, 6) is 0.607. The van der Waals surface area contributed by atoms with Gasteiger partial charge in [0.1, 0.15) is 18.5 Å². The standard InChI is InChI=1S/C19H22Cl2N2O2/c20-15-5-7-16(8-6-15)23-11-9-22(10-12-23)13-17(24)14-25-19-4-2-1-3-18(19)21/h1-8,17,24H,9-14H2/t17-/m0/s1. The van der Waals surface area contributed by atoms with Gasteiger partial charge in [0.05, 0.1) is 5.02 Å². The van der Waals surface area contributed by atoms with E-state index in [9.17, 15) is 5.11 Å². The van der Waals surface area contributed by atoms with Crippen LogP contribution in [0.4, 0.5) is 5.69 Å². The Morgan fingerprint density at radius 3 is 2.32 bits per heavy atom. The number of benzene rings is 2. The maximum atomic E-state index is 10.2. The molecule has 0 aliphatic carbocycles. The number of nitrogens with zero attached hydrogens (tertiary/aromatic N) is 2. The Bertz CT molecular complexity index is 673. The smallest absolute Gasteiger partial charge is 0.138 e. The van der Waals surface area contributed by atoms with E-state index in [1.165, 1.54) is 5.69 Å². The molecule has 0 aromatic heterocycles. The number of hydrogen-bond acceptors (Lipinski definition) is 4. The second-order valence-corrected chi connectivity index (χ2v) is 7.00. The molecule has 1 heterocycles. The van der Waals surface area contributed by atoms with Crippen LogP contribution in [-0.4, -0.2) is 55.4 Å². The van der Waals surface area contributed by atoms with Crippen molar-refractivity contribution in [2.75, 3.05) is 44.2 Å². The van der Waals surface area contributed by atoms with Crippen molar-refractivity contribution in [2.45, 2.75) is 6.10 Å². The lowest BCUT2D eigenvalue weighted by molar-refractivity contribution is 0.0663. The fourth-order valence-electron chi connectivity index (χ4n) is 2.94. The zero-order valence-corrected chi connectivity index (χ0v) is 15.5. The molecule has 25 heavy (non-hydrogen) atoms. The molecule has 1 atom stereocenters. The van der Waals surface area contributed by atoms with Crippen LogP contribution in [-0.2, 0) is 0 Å². The van der Waals surface area contributed by atoms with Crippen LogP contribution < -0.4 is 9.64 Å². The molecular formula is C19H22Cl2N2O2. The second-order valence-electron chi connectivity index (χ2n) is 6.16. The molecule has 1 saturated heterocycles. The van der Waals surface area contributed by atoms with Crippen molar-refractivity contribution in [3.8, 4) is 5.75 Å². The molecule has 0 saturated carbocycles. The van der Waals surface area contributed by atoms with E-state index in [4.69, 9.17) is 27.9 Å². The number of β-amino-alcohol motifs (C(OH)–C–C–N with tert-alkyl or cyclic N) is 1. The Hall–Kier alpha value is -1.46. The van der Waals surface area contributed by atoms with Gasteiger partial charge in [0.15, 0.2) is 0 Å². The zero-order valence-electron chi connectivity index (χ0n) is 13.9. The highest BCUT2D eigenvalue weighted by Gasteiger charge is 2.20. The molecule has 1 N–H and O–H groups in total. The average molecular weight is 381 g/mol. The minimum atomic E-state index is -0.543. The van der Waals surface area contributed by atoms with Crippen LogP contribution >= 0.6 is 23.2 Å². The summed E-state index contributed by atoms with van der Waals surface area (Å²) in [5.41, 5.74) is 1.19. The number of hydrogen-bond donors (Lipinski definition) is 1. The largest absolute Gasteiger partial charge is 0.489 e. The number of halogens is 2. The van der Waals surface area contributed by atoms with E-state index in [0.717, 1.165) is 31.2 Å². The van der Waals surface area contributed by atoms with Crippen molar-refractivity contribution in [2.24, 2.45) is 0 Å². The first-order valence-electron chi connectivity index (χ1n) is 8.40. The lowest BCUT2D eigenvalue weighted by Crippen LogP contribution is -2.49. The van der Waals surface area contributed by atoms with E-state index < -0.39 is 6.10 Å². The normalized spacial score (nSPS) is 16.7. The molecule has 134 valence electrons. The highest BCUT2D eigenvalue weighted by atomic mass is 35.5. The summed E-state index contributed by atoms with van der Waals surface area (Å²) in [6.45, 7) is 4.51. The number of piperazine rings is 1. The van der Waals surface area contributed by atoms with Crippen LogP contribution in [0.5, 0.6) is 5.75 Å². The molecule has 2 aromatic carbocycles. The maximum Gasteiger partial charge on any atom is 0.138 e. The van der Waals surface area contributed by atoms with Crippen LogP contribution in [0.15, 0.2) is 48.5 Å². The third kappa shape index (κ3) is 5.25. The van der Waals surface area contributed by atoms with E-state index in [1.54, 1.807) is 12.1 Å². The van der Waals surface area contributed by atoms with Crippen molar-refractivity contribution in [3.05, 3.63) is 58.6 Å². The summed E-state index contributed by atoms with van der Waals surface area (Å²) in [6.07, 6.45) is -0.543. The van der Waals surface area contributed by atoms with E-state index in [0.29, 0.717) is 17.3 Å². The van der Waals surface area contributed by atoms with Gasteiger partial charge in [-0.15, -0.1) is 0 Å². The summed E-state index contributed by atoms with van der Waals surface area (Å²) in [7, 11) is 0. The first-order valence-corrected chi connectivity index (χ1v) is 9.15. The van der Waals surface area contributed by atoms with Crippen LogP contribution in [0.3, 0.4) is 0 Å². The molecule has 1 fully saturated rings. The molecule has 1 aliphatic rings. The summed E-state index contributed by atoms with van der Waals surface area (Å²) in [6, 6.07) is 15.2. The Balaban J connectivity index is 1.42. The molecule has 0 radical (unpaired) electrons. The summed E-state index contributed by atoms with van der Waals surface area (Å²) in [5, 5.41) is 11.5. The first-order chi connectivity index (χ1) is 12.1. The highest BCUT2D eigenvalue weighted by molar-refractivity contribution is 6.32. The van der Waals surface area contributed by atoms with E-state index in [-0.39, 0.29) is 6.61 Å². The van der Waals surface area contributed by atoms with Crippen molar-refractivity contribution < 1.29 is 9.84 Å². The van der Waals surface area contributed by atoms with Crippen molar-refractivity contribution >= 4 is 28.9 Å². The molecule has 0 spiro atoms. The van der Waals surface area contributed by atoms with Gasteiger partial charge in [-0.3, -0.25) is 4.90 Å². The van der Waals surface area contributed by atoms with E-state index >= 15 is 0 Å².